The zero-order valence-electron chi connectivity index (χ0n) is 9.88. The quantitative estimate of drug-likeness (QED) is 0.703. The number of hydrogen-bond donors (Lipinski definition) is 2. The third kappa shape index (κ3) is 4.79. The van der Waals surface area contributed by atoms with Crippen LogP contribution in [0.3, 0.4) is 0 Å². The summed E-state index contributed by atoms with van der Waals surface area (Å²) in [5.41, 5.74) is 1.23. The highest BCUT2D eigenvalue weighted by atomic mass is 15.0. The van der Waals surface area contributed by atoms with Crippen molar-refractivity contribution in [2.45, 2.75) is 39.8 Å². The van der Waals surface area contributed by atoms with Crippen LogP contribution in [0.4, 0.5) is 5.82 Å². The standard InChI is InChI=1S/C12H21N3/c1-4-7-13-8-11-5-6-12(14-9-11)15-10(2)3/h5-6,9-10,13H,4,7-8H2,1-3H3,(H,14,15). The van der Waals surface area contributed by atoms with E-state index in [1.54, 1.807) is 0 Å². The summed E-state index contributed by atoms with van der Waals surface area (Å²) < 4.78 is 0. The Balaban J connectivity index is 2.42. The summed E-state index contributed by atoms with van der Waals surface area (Å²) in [6.07, 6.45) is 3.09. The predicted molar refractivity (Wildman–Crippen MR) is 65.0 cm³/mol. The second-order valence-corrected chi connectivity index (χ2v) is 4.03. The summed E-state index contributed by atoms with van der Waals surface area (Å²) in [5.74, 6) is 0.948. The number of anilines is 1. The lowest BCUT2D eigenvalue weighted by Gasteiger charge is -2.09. The lowest BCUT2D eigenvalue weighted by molar-refractivity contribution is 0.674. The highest BCUT2D eigenvalue weighted by Gasteiger charge is 1.97. The molecule has 0 atom stereocenters. The molecular formula is C12H21N3. The van der Waals surface area contributed by atoms with Crippen LogP contribution in [-0.4, -0.2) is 17.6 Å². The van der Waals surface area contributed by atoms with E-state index >= 15 is 0 Å². The maximum Gasteiger partial charge on any atom is 0.126 e. The molecule has 0 saturated heterocycles. The van der Waals surface area contributed by atoms with Gasteiger partial charge in [0.25, 0.3) is 0 Å². The van der Waals surface area contributed by atoms with Gasteiger partial charge in [-0.1, -0.05) is 13.0 Å². The van der Waals surface area contributed by atoms with Crippen molar-refractivity contribution >= 4 is 5.82 Å². The SMILES string of the molecule is CCCNCc1ccc(NC(C)C)nc1. The van der Waals surface area contributed by atoms with Gasteiger partial charge in [-0.15, -0.1) is 0 Å². The smallest absolute Gasteiger partial charge is 0.126 e. The van der Waals surface area contributed by atoms with Gasteiger partial charge in [-0.25, -0.2) is 4.98 Å². The summed E-state index contributed by atoms with van der Waals surface area (Å²) in [4.78, 5) is 4.35. The van der Waals surface area contributed by atoms with Gasteiger partial charge in [0.05, 0.1) is 0 Å². The van der Waals surface area contributed by atoms with E-state index in [1.165, 1.54) is 12.0 Å². The molecule has 0 aliphatic rings. The van der Waals surface area contributed by atoms with Crippen LogP contribution >= 0.6 is 0 Å². The number of pyridine rings is 1. The van der Waals surface area contributed by atoms with Crippen molar-refractivity contribution in [3.8, 4) is 0 Å². The first-order valence-electron chi connectivity index (χ1n) is 5.64. The molecule has 84 valence electrons. The summed E-state index contributed by atoms with van der Waals surface area (Å²) in [6, 6.07) is 4.57. The Kier molecular flexibility index (Phi) is 5.12. The van der Waals surface area contributed by atoms with Crippen molar-refractivity contribution in [1.29, 1.82) is 0 Å². The van der Waals surface area contributed by atoms with Crippen molar-refractivity contribution in [1.82, 2.24) is 10.3 Å². The first-order valence-corrected chi connectivity index (χ1v) is 5.64. The molecule has 15 heavy (non-hydrogen) atoms. The maximum absolute atomic E-state index is 4.35. The Bertz CT molecular complexity index is 267. The molecule has 0 aliphatic heterocycles. The van der Waals surface area contributed by atoms with Crippen molar-refractivity contribution in [3.63, 3.8) is 0 Å². The Morgan fingerprint density at radius 1 is 1.33 bits per heavy atom. The summed E-state index contributed by atoms with van der Waals surface area (Å²) >= 11 is 0. The molecule has 3 heteroatoms. The van der Waals surface area contributed by atoms with E-state index in [1.807, 2.05) is 12.3 Å². The fourth-order valence-electron chi connectivity index (χ4n) is 1.32. The van der Waals surface area contributed by atoms with Gasteiger partial charge in [-0.2, -0.15) is 0 Å². The van der Waals surface area contributed by atoms with Crippen LogP contribution in [0.2, 0.25) is 0 Å². The Morgan fingerprint density at radius 3 is 2.67 bits per heavy atom. The van der Waals surface area contributed by atoms with Crippen molar-refractivity contribution in [3.05, 3.63) is 23.9 Å². The van der Waals surface area contributed by atoms with Crippen LogP contribution in [0, 0.1) is 0 Å². The van der Waals surface area contributed by atoms with Gasteiger partial charge in [-0.05, 0) is 38.4 Å². The van der Waals surface area contributed by atoms with E-state index < -0.39 is 0 Å². The van der Waals surface area contributed by atoms with E-state index in [0.29, 0.717) is 6.04 Å². The molecule has 0 saturated carbocycles. The number of nitrogens with one attached hydrogen (secondary N) is 2. The van der Waals surface area contributed by atoms with E-state index in [-0.39, 0.29) is 0 Å². The fraction of sp³-hybridized carbons (Fsp3) is 0.583. The molecule has 0 spiro atoms. The van der Waals surface area contributed by atoms with Gasteiger partial charge in [0, 0.05) is 18.8 Å². The van der Waals surface area contributed by atoms with E-state index in [9.17, 15) is 0 Å². The molecule has 1 aromatic rings. The molecule has 0 aliphatic carbocycles. The van der Waals surface area contributed by atoms with Crippen molar-refractivity contribution < 1.29 is 0 Å². The number of rotatable bonds is 6. The Morgan fingerprint density at radius 2 is 2.13 bits per heavy atom. The van der Waals surface area contributed by atoms with Crippen molar-refractivity contribution in [2.24, 2.45) is 0 Å². The minimum absolute atomic E-state index is 0.432. The van der Waals surface area contributed by atoms with Crippen LogP contribution < -0.4 is 10.6 Å². The third-order valence-corrected chi connectivity index (χ3v) is 2.02. The molecule has 1 heterocycles. The van der Waals surface area contributed by atoms with Gasteiger partial charge >= 0.3 is 0 Å². The zero-order chi connectivity index (χ0) is 11.1. The van der Waals surface area contributed by atoms with Gasteiger partial charge in [-0.3, -0.25) is 0 Å². The molecule has 0 bridgehead atoms. The molecule has 3 nitrogen and oxygen atoms in total. The Hall–Kier alpha value is -1.09. The number of nitrogens with zero attached hydrogens (tertiary/aromatic N) is 1. The molecule has 1 aromatic heterocycles. The summed E-state index contributed by atoms with van der Waals surface area (Å²) in [7, 11) is 0. The van der Waals surface area contributed by atoms with Gasteiger partial charge in [0.1, 0.15) is 5.82 Å². The predicted octanol–water partition coefficient (Wildman–Crippen LogP) is 2.40. The van der Waals surface area contributed by atoms with Gasteiger partial charge < -0.3 is 10.6 Å². The van der Waals surface area contributed by atoms with E-state index in [4.69, 9.17) is 0 Å². The third-order valence-electron chi connectivity index (χ3n) is 2.02. The van der Waals surface area contributed by atoms with Crippen molar-refractivity contribution in [2.75, 3.05) is 11.9 Å². The summed E-state index contributed by atoms with van der Waals surface area (Å²) in [5, 5.41) is 6.62. The molecule has 0 unspecified atom stereocenters. The second-order valence-electron chi connectivity index (χ2n) is 4.03. The average molecular weight is 207 g/mol. The molecular weight excluding hydrogens is 186 g/mol. The highest BCUT2D eigenvalue weighted by molar-refractivity contribution is 5.36. The van der Waals surface area contributed by atoms with E-state index in [0.717, 1.165) is 18.9 Å². The summed E-state index contributed by atoms with van der Waals surface area (Å²) in [6.45, 7) is 8.35. The minimum Gasteiger partial charge on any atom is -0.368 e. The monoisotopic (exact) mass is 207 g/mol. The highest BCUT2D eigenvalue weighted by Crippen LogP contribution is 2.06. The largest absolute Gasteiger partial charge is 0.368 e. The normalized spacial score (nSPS) is 10.7. The molecule has 0 aromatic carbocycles. The first-order chi connectivity index (χ1) is 7.22. The lowest BCUT2D eigenvalue weighted by atomic mass is 10.2. The minimum atomic E-state index is 0.432. The topological polar surface area (TPSA) is 37.0 Å². The van der Waals surface area contributed by atoms with E-state index in [2.05, 4.69) is 42.5 Å². The first kappa shape index (κ1) is 12.0. The van der Waals surface area contributed by atoms with Gasteiger partial charge in [0.15, 0.2) is 0 Å². The molecule has 0 radical (unpaired) electrons. The molecule has 2 N–H and O–H groups in total. The molecule has 0 amide bonds. The number of hydrogen-bond acceptors (Lipinski definition) is 3. The second kappa shape index (κ2) is 6.40. The maximum atomic E-state index is 4.35. The van der Waals surface area contributed by atoms with Crippen LogP contribution in [0.1, 0.15) is 32.8 Å². The fourth-order valence-corrected chi connectivity index (χ4v) is 1.32. The lowest BCUT2D eigenvalue weighted by Crippen LogP contribution is -2.14. The molecule has 0 fully saturated rings. The average Bonchev–Trinajstić information content (AvgIpc) is 2.20. The Labute approximate surface area is 92.3 Å². The van der Waals surface area contributed by atoms with Crippen LogP contribution in [0.15, 0.2) is 18.3 Å². The van der Waals surface area contributed by atoms with Crippen LogP contribution in [-0.2, 0) is 6.54 Å². The zero-order valence-corrected chi connectivity index (χ0v) is 9.88. The van der Waals surface area contributed by atoms with Crippen LogP contribution in [0.25, 0.3) is 0 Å². The number of aromatic nitrogens is 1. The molecule has 1 rings (SSSR count). The van der Waals surface area contributed by atoms with Crippen LogP contribution in [0.5, 0.6) is 0 Å². The van der Waals surface area contributed by atoms with Gasteiger partial charge in [0.2, 0.25) is 0 Å².